The van der Waals surface area contributed by atoms with Gasteiger partial charge in [-0.25, -0.2) is 13.8 Å². The molecule has 0 radical (unpaired) electrons. The van der Waals surface area contributed by atoms with Crippen LogP contribution in [0.4, 0.5) is 26.1 Å². The molecule has 2 aromatic heterocycles. The summed E-state index contributed by atoms with van der Waals surface area (Å²) in [6.07, 6.45) is 3.29. The molecule has 4 N–H and O–H groups in total. The number of aromatic nitrogens is 3. The highest BCUT2D eigenvalue weighted by atomic mass is 19.1. The maximum atomic E-state index is 15.0. The monoisotopic (exact) mass is 615 g/mol. The Bertz CT molecular complexity index is 1820. The molecule has 3 aliphatic rings. The predicted octanol–water partition coefficient (Wildman–Crippen LogP) is 5.30. The van der Waals surface area contributed by atoms with Gasteiger partial charge in [0.25, 0.3) is 5.91 Å². The van der Waals surface area contributed by atoms with Gasteiger partial charge in [-0.2, -0.15) is 9.97 Å². The van der Waals surface area contributed by atoms with Crippen molar-refractivity contribution in [2.75, 3.05) is 35.6 Å². The van der Waals surface area contributed by atoms with Gasteiger partial charge < -0.3 is 25.8 Å². The number of phenols is 1. The largest absolute Gasteiger partial charge is 0.508 e. The van der Waals surface area contributed by atoms with Crippen molar-refractivity contribution in [3.05, 3.63) is 70.8 Å². The van der Waals surface area contributed by atoms with Crippen molar-refractivity contribution in [1.29, 1.82) is 0 Å². The van der Waals surface area contributed by atoms with Crippen LogP contribution < -0.4 is 20.7 Å². The molecule has 234 valence electrons. The quantitative estimate of drug-likeness (QED) is 0.242. The van der Waals surface area contributed by atoms with E-state index in [2.05, 4.69) is 25.2 Å². The summed E-state index contributed by atoms with van der Waals surface area (Å²) in [5.41, 5.74) is 7.95. The van der Waals surface area contributed by atoms with Crippen molar-refractivity contribution in [2.24, 2.45) is 0 Å². The van der Waals surface area contributed by atoms with E-state index in [-0.39, 0.29) is 48.2 Å². The van der Waals surface area contributed by atoms with E-state index in [4.69, 9.17) is 10.5 Å². The number of hydrogen-bond acceptors (Lipinski definition) is 9. The standard InChI is InChI=1S/C33H35F2N7O3/c1-3-22-24(35)8-7-19-12-21(43)13-26(27(19)22)42-16-25-28(31(42)44)30(38-18(2)23-6-4-10-37-29(23)36)40-32(39-25)45-17-33-9-5-11-41(33)15-20(34)14-33/h4,6-8,10,12-13,18,20,43H,3,5,9,11,14-17H2,1-2H3,(H2,36,37)(H,38,39,40)/t18-,20-,33+/m1/s1. The number of carbonyl (C=O) groups excluding carboxylic acids is 1. The van der Waals surface area contributed by atoms with Crippen LogP contribution in [-0.4, -0.2) is 62.3 Å². The molecule has 2 saturated heterocycles. The SMILES string of the molecule is CCc1c(F)ccc2cc(O)cc(N3Cc4nc(OC[C@@]56CCCN5C[C@H](F)C6)nc(N[C@H](C)c5cccnc5N)c4C3=O)c12. The first-order valence-electron chi connectivity index (χ1n) is 15.3. The number of aryl methyl sites for hydroxylation is 1. The Morgan fingerprint density at radius 2 is 2.11 bits per heavy atom. The third kappa shape index (κ3) is 4.97. The average Bonchev–Trinajstić information content (AvgIpc) is 3.65. The fraction of sp³-hybridized carbons (Fsp3) is 0.394. The van der Waals surface area contributed by atoms with E-state index in [9.17, 15) is 18.7 Å². The zero-order valence-corrected chi connectivity index (χ0v) is 25.2. The van der Waals surface area contributed by atoms with Crippen molar-refractivity contribution in [3.63, 3.8) is 0 Å². The van der Waals surface area contributed by atoms with Crippen molar-refractivity contribution in [2.45, 2.75) is 63.8 Å². The van der Waals surface area contributed by atoms with Crippen LogP contribution in [0.1, 0.15) is 66.3 Å². The number of benzene rings is 2. The Kier molecular flexibility index (Phi) is 7.19. The van der Waals surface area contributed by atoms with E-state index < -0.39 is 17.6 Å². The highest BCUT2D eigenvalue weighted by Gasteiger charge is 2.49. The highest BCUT2D eigenvalue weighted by Crippen LogP contribution is 2.42. The van der Waals surface area contributed by atoms with E-state index in [0.29, 0.717) is 52.9 Å². The number of nitrogens with two attached hydrogens (primary N) is 1. The lowest BCUT2D eigenvalue weighted by atomic mass is 9.95. The number of fused-ring (bicyclic) bond motifs is 3. The van der Waals surface area contributed by atoms with Gasteiger partial charge in [-0.3, -0.25) is 9.69 Å². The first-order valence-corrected chi connectivity index (χ1v) is 15.3. The Hall–Kier alpha value is -4.58. The molecule has 0 unspecified atom stereocenters. The number of hydrogen-bond donors (Lipinski definition) is 3. The van der Waals surface area contributed by atoms with Crippen LogP contribution in [0.2, 0.25) is 0 Å². The maximum Gasteiger partial charge on any atom is 0.318 e. The van der Waals surface area contributed by atoms with E-state index >= 15 is 0 Å². The highest BCUT2D eigenvalue weighted by molar-refractivity contribution is 6.16. The summed E-state index contributed by atoms with van der Waals surface area (Å²) in [6, 6.07) is 9.30. The molecule has 0 saturated carbocycles. The number of rotatable bonds is 8. The number of phenolic OH excluding ortho intramolecular Hbond substituents is 1. The smallest absolute Gasteiger partial charge is 0.318 e. The number of carbonyl (C=O) groups is 1. The molecule has 3 aliphatic heterocycles. The van der Waals surface area contributed by atoms with Gasteiger partial charge in [0, 0.05) is 36.2 Å². The third-order valence-corrected chi connectivity index (χ3v) is 9.43. The van der Waals surface area contributed by atoms with Gasteiger partial charge in [0.1, 0.15) is 41.5 Å². The zero-order valence-electron chi connectivity index (χ0n) is 25.2. The van der Waals surface area contributed by atoms with Crippen LogP contribution in [0.3, 0.4) is 0 Å². The van der Waals surface area contributed by atoms with Gasteiger partial charge in [0.2, 0.25) is 0 Å². The number of nitrogens with zero attached hydrogens (tertiary/aromatic N) is 5. The first kappa shape index (κ1) is 29.1. The number of amides is 1. The molecule has 10 nitrogen and oxygen atoms in total. The second-order valence-electron chi connectivity index (χ2n) is 12.2. The number of halogens is 2. The Balaban J connectivity index is 1.29. The second-order valence-corrected chi connectivity index (χ2v) is 12.2. The number of anilines is 3. The molecule has 4 aromatic rings. The lowest BCUT2D eigenvalue weighted by Gasteiger charge is -2.30. The third-order valence-electron chi connectivity index (χ3n) is 9.43. The summed E-state index contributed by atoms with van der Waals surface area (Å²) in [4.78, 5) is 31.4. The minimum Gasteiger partial charge on any atom is -0.508 e. The summed E-state index contributed by atoms with van der Waals surface area (Å²) in [5.74, 6) is -0.243. The van der Waals surface area contributed by atoms with Crippen LogP contribution in [0, 0.1) is 5.82 Å². The van der Waals surface area contributed by atoms with Gasteiger partial charge >= 0.3 is 6.01 Å². The van der Waals surface area contributed by atoms with Crippen LogP contribution in [-0.2, 0) is 13.0 Å². The molecule has 45 heavy (non-hydrogen) atoms. The van der Waals surface area contributed by atoms with E-state index in [1.54, 1.807) is 24.4 Å². The molecule has 12 heteroatoms. The topological polar surface area (TPSA) is 130 Å². The number of pyridine rings is 1. The van der Waals surface area contributed by atoms with Gasteiger partial charge in [-0.15, -0.1) is 0 Å². The summed E-state index contributed by atoms with van der Waals surface area (Å²) in [6.45, 7) is 5.23. The minimum absolute atomic E-state index is 0.0488. The molecule has 7 rings (SSSR count). The molecule has 3 atom stereocenters. The summed E-state index contributed by atoms with van der Waals surface area (Å²) < 4.78 is 35.6. The van der Waals surface area contributed by atoms with E-state index in [0.717, 1.165) is 24.9 Å². The van der Waals surface area contributed by atoms with Crippen LogP contribution >= 0.6 is 0 Å². The minimum atomic E-state index is -0.904. The average molecular weight is 616 g/mol. The number of aromatic hydroxyl groups is 1. The Morgan fingerprint density at radius 3 is 2.91 bits per heavy atom. The van der Waals surface area contributed by atoms with Crippen molar-refractivity contribution in [1.82, 2.24) is 19.9 Å². The van der Waals surface area contributed by atoms with E-state index in [1.807, 2.05) is 19.9 Å². The molecule has 2 aromatic carbocycles. The van der Waals surface area contributed by atoms with Crippen molar-refractivity contribution in [3.8, 4) is 11.8 Å². The number of nitrogens with one attached hydrogen (secondary N) is 1. The summed E-state index contributed by atoms with van der Waals surface area (Å²) >= 11 is 0. The second kappa shape index (κ2) is 11.1. The maximum absolute atomic E-state index is 15.0. The van der Waals surface area contributed by atoms with Crippen LogP contribution in [0.15, 0.2) is 42.6 Å². The number of alkyl halides is 1. The predicted molar refractivity (Wildman–Crippen MR) is 167 cm³/mol. The number of ether oxygens (including phenoxy) is 1. The molecule has 0 aliphatic carbocycles. The van der Waals surface area contributed by atoms with Gasteiger partial charge in [0.15, 0.2) is 0 Å². The molecule has 0 bridgehead atoms. The lowest BCUT2D eigenvalue weighted by molar-refractivity contribution is 0.0996. The Morgan fingerprint density at radius 1 is 1.27 bits per heavy atom. The fourth-order valence-corrected chi connectivity index (χ4v) is 7.31. The summed E-state index contributed by atoms with van der Waals surface area (Å²) in [7, 11) is 0. The molecule has 0 spiro atoms. The normalized spacial score (nSPS) is 21.7. The fourth-order valence-electron chi connectivity index (χ4n) is 7.31. The molecular formula is C33H35F2N7O3. The molecule has 2 fully saturated rings. The van der Waals surface area contributed by atoms with Crippen LogP contribution in [0.25, 0.3) is 10.8 Å². The first-order chi connectivity index (χ1) is 21.7. The number of nitrogen functional groups attached to an aromatic ring is 1. The van der Waals surface area contributed by atoms with Gasteiger partial charge in [0.05, 0.1) is 29.5 Å². The van der Waals surface area contributed by atoms with Gasteiger partial charge in [-0.05, 0) is 61.9 Å². The van der Waals surface area contributed by atoms with Crippen molar-refractivity contribution >= 4 is 34.0 Å². The van der Waals surface area contributed by atoms with E-state index in [1.165, 1.54) is 17.0 Å². The molecule has 5 heterocycles. The van der Waals surface area contributed by atoms with Crippen LogP contribution in [0.5, 0.6) is 11.8 Å². The zero-order chi connectivity index (χ0) is 31.5. The molecule has 1 amide bonds. The van der Waals surface area contributed by atoms with Gasteiger partial charge in [-0.1, -0.05) is 19.1 Å². The Labute approximate surface area is 259 Å². The molecular weight excluding hydrogens is 580 g/mol. The summed E-state index contributed by atoms with van der Waals surface area (Å²) in [5, 5.41) is 15.1. The lowest BCUT2D eigenvalue weighted by Crippen LogP contribution is -2.43. The van der Waals surface area contributed by atoms with Crippen molar-refractivity contribution < 1.29 is 23.4 Å².